The number of ether oxygens (including phenoxy) is 2. The maximum absolute atomic E-state index is 11.2. The number of amides is 1. The van der Waals surface area contributed by atoms with Crippen LogP contribution in [0.25, 0.3) is 0 Å². The highest BCUT2D eigenvalue weighted by Crippen LogP contribution is 2.13. The third-order valence-electron chi connectivity index (χ3n) is 2.02. The van der Waals surface area contributed by atoms with Gasteiger partial charge in [-0.25, -0.2) is 0 Å². The number of hydrogen-bond donors (Lipinski definition) is 2. The molecule has 0 aliphatic carbocycles. The molecule has 2 unspecified atom stereocenters. The van der Waals surface area contributed by atoms with E-state index in [-0.39, 0.29) is 25.5 Å². The summed E-state index contributed by atoms with van der Waals surface area (Å²) in [6.07, 6.45) is -1.05. The van der Waals surface area contributed by atoms with E-state index in [2.05, 4.69) is 11.9 Å². The normalized spacial score (nSPS) is 23.9. The molecule has 6 nitrogen and oxygen atoms in total. The predicted octanol–water partition coefficient (Wildman–Crippen LogP) is -0.671. The van der Waals surface area contributed by atoms with Crippen LogP contribution in [-0.4, -0.2) is 42.5 Å². The lowest BCUT2D eigenvalue weighted by Crippen LogP contribution is -2.33. The molecule has 0 spiro atoms. The highest BCUT2D eigenvalue weighted by atomic mass is 16.6. The van der Waals surface area contributed by atoms with E-state index in [1.165, 1.54) is 0 Å². The van der Waals surface area contributed by atoms with Crippen molar-refractivity contribution in [2.24, 2.45) is 0 Å². The van der Waals surface area contributed by atoms with E-state index >= 15 is 0 Å². The van der Waals surface area contributed by atoms with E-state index in [1.54, 1.807) is 6.92 Å². The Morgan fingerprint density at radius 2 is 2.31 bits per heavy atom. The molecule has 16 heavy (non-hydrogen) atoms. The molecule has 1 fully saturated rings. The molecule has 2 atom stereocenters. The fraction of sp³-hybridized carbons (Fsp3) is 0.600. The van der Waals surface area contributed by atoms with Crippen molar-refractivity contribution >= 4 is 11.9 Å². The van der Waals surface area contributed by atoms with E-state index in [0.29, 0.717) is 5.57 Å². The zero-order chi connectivity index (χ0) is 12.1. The highest BCUT2D eigenvalue weighted by Gasteiger charge is 2.26. The van der Waals surface area contributed by atoms with Crippen LogP contribution in [0.5, 0.6) is 0 Å². The molecule has 1 aliphatic heterocycles. The van der Waals surface area contributed by atoms with Crippen LogP contribution in [0.2, 0.25) is 0 Å². The topological polar surface area (TPSA) is 84.9 Å². The van der Waals surface area contributed by atoms with Gasteiger partial charge in [-0.3, -0.25) is 9.59 Å². The van der Waals surface area contributed by atoms with Crippen LogP contribution in [-0.2, 0) is 19.1 Å². The highest BCUT2D eigenvalue weighted by molar-refractivity contribution is 5.94. The van der Waals surface area contributed by atoms with Crippen molar-refractivity contribution in [2.75, 3.05) is 13.2 Å². The maximum atomic E-state index is 11.2. The van der Waals surface area contributed by atoms with Crippen molar-refractivity contribution in [3.05, 3.63) is 12.2 Å². The summed E-state index contributed by atoms with van der Waals surface area (Å²) in [5.74, 6) is -0.947. The molecule has 0 aromatic carbocycles. The van der Waals surface area contributed by atoms with Gasteiger partial charge >= 0.3 is 5.97 Å². The molecule has 2 N–H and O–H groups in total. The van der Waals surface area contributed by atoms with Gasteiger partial charge in [0.2, 0.25) is 5.91 Å². The fourth-order valence-electron chi connectivity index (χ4n) is 1.19. The third kappa shape index (κ3) is 4.00. The Labute approximate surface area is 93.2 Å². The van der Waals surface area contributed by atoms with E-state index in [9.17, 15) is 9.59 Å². The molecular formula is C10H15NO5. The van der Waals surface area contributed by atoms with Crippen molar-refractivity contribution in [3.63, 3.8) is 0 Å². The van der Waals surface area contributed by atoms with Gasteiger partial charge in [0.15, 0.2) is 6.29 Å². The van der Waals surface area contributed by atoms with Gasteiger partial charge in [0.1, 0.15) is 12.6 Å². The second-order valence-electron chi connectivity index (χ2n) is 3.60. The monoisotopic (exact) mass is 229 g/mol. The molecule has 1 amide bonds. The van der Waals surface area contributed by atoms with Crippen molar-refractivity contribution < 1.29 is 24.2 Å². The molecule has 0 bridgehead atoms. The number of carbonyl (C=O) groups excluding carboxylic acids is 2. The lowest BCUT2D eigenvalue weighted by atomic mass is 10.3. The zero-order valence-corrected chi connectivity index (χ0v) is 9.06. The number of esters is 1. The van der Waals surface area contributed by atoms with E-state index in [1.807, 2.05) is 0 Å². The SMILES string of the molecule is C=C(C)C(=O)NCC(=O)OC1COC(O)C1. The summed E-state index contributed by atoms with van der Waals surface area (Å²) < 4.78 is 9.75. The van der Waals surface area contributed by atoms with Crippen LogP contribution < -0.4 is 5.32 Å². The first-order chi connectivity index (χ1) is 7.49. The molecule has 1 aliphatic rings. The van der Waals surface area contributed by atoms with Crippen LogP contribution in [0.3, 0.4) is 0 Å². The minimum atomic E-state index is -0.872. The van der Waals surface area contributed by atoms with Crippen LogP contribution in [0, 0.1) is 0 Å². The molecule has 0 saturated carbocycles. The minimum Gasteiger partial charge on any atom is -0.458 e. The Kier molecular flexibility index (Phi) is 4.45. The standard InChI is InChI=1S/C10H15NO5/c1-6(2)10(14)11-4-9(13)16-7-3-8(12)15-5-7/h7-8,12H,1,3-5H2,2H3,(H,11,14). The number of aliphatic hydroxyl groups excluding tert-OH is 1. The summed E-state index contributed by atoms with van der Waals surface area (Å²) >= 11 is 0. The van der Waals surface area contributed by atoms with Crippen molar-refractivity contribution in [3.8, 4) is 0 Å². The lowest BCUT2D eigenvalue weighted by Gasteiger charge is -2.10. The average molecular weight is 229 g/mol. The molecular weight excluding hydrogens is 214 g/mol. The van der Waals surface area contributed by atoms with Crippen molar-refractivity contribution in [2.45, 2.75) is 25.7 Å². The summed E-state index contributed by atoms with van der Waals surface area (Å²) in [4.78, 5) is 22.3. The van der Waals surface area contributed by atoms with Gasteiger partial charge in [0.25, 0.3) is 0 Å². The fourth-order valence-corrected chi connectivity index (χ4v) is 1.19. The first-order valence-corrected chi connectivity index (χ1v) is 4.92. The van der Waals surface area contributed by atoms with Gasteiger partial charge in [0.05, 0.1) is 6.61 Å². The number of rotatable bonds is 4. The van der Waals surface area contributed by atoms with Gasteiger partial charge < -0.3 is 19.9 Å². The largest absolute Gasteiger partial charge is 0.458 e. The minimum absolute atomic E-state index is 0.182. The van der Waals surface area contributed by atoms with E-state index in [4.69, 9.17) is 14.6 Å². The summed E-state index contributed by atoms with van der Waals surface area (Å²) in [7, 11) is 0. The van der Waals surface area contributed by atoms with Crippen LogP contribution in [0.15, 0.2) is 12.2 Å². The Bertz CT molecular complexity index is 302. The Balaban J connectivity index is 2.21. The Morgan fingerprint density at radius 3 is 2.81 bits per heavy atom. The Morgan fingerprint density at radius 1 is 1.62 bits per heavy atom. The summed E-state index contributed by atoms with van der Waals surface area (Å²) in [5, 5.41) is 11.4. The van der Waals surface area contributed by atoms with E-state index in [0.717, 1.165) is 0 Å². The van der Waals surface area contributed by atoms with Gasteiger partial charge in [-0.15, -0.1) is 0 Å². The molecule has 1 saturated heterocycles. The summed E-state index contributed by atoms with van der Waals surface area (Å²) in [6.45, 7) is 4.94. The van der Waals surface area contributed by atoms with Gasteiger partial charge in [-0.1, -0.05) is 6.58 Å². The molecule has 0 aromatic heterocycles. The molecule has 0 aromatic rings. The average Bonchev–Trinajstić information content (AvgIpc) is 2.60. The van der Waals surface area contributed by atoms with Gasteiger partial charge in [0, 0.05) is 12.0 Å². The predicted molar refractivity (Wildman–Crippen MR) is 54.3 cm³/mol. The van der Waals surface area contributed by atoms with E-state index < -0.39 is 18.4 Å². The molecule has 1 rings (SSSR count). The molecule has 6 heteroatoms. The number of carbonyl (C=O) groups is 2. The van der Waals surface area contributed by atoms with Crippen molar-refractivity contribution in [1.29, 1.82) is 0 Å². The smallest absolute Gasteiger partial charge is 0.325 e. The second kappa shape index (κ2) is 5.62. The zero-order valence-electron chi connectivity index (χ0n) is 9.06. The van der Waals surface area contributed by atoms with Gasteiger partial charge in [-0.05, 0) is 6.92 Å². The first-order valence-electron chi connectivity index (χ1n) is 4.92. The third-order valence-corrected chi connectivity index (χ3v) is 2.02. The maximum Gasteiger partial charge on any atom is 0.325 e. The Hall–Kier alpha value is -1.40. The van der Waals surface area contributed by atoms with Crippen LogP contribution in [0.4, 0.5) is 0 Å². The second-order valence-corrected chi connectivity index (χ2v) is 3.60. The van der Waals surface area contributed by atoms with Crippen molar-refractivity contribution in [1.82, 2.24) is 5.32 Å². The number of aliphatic hydroxyl groups is 1. The quantitative estimate of drug-likeness (QED) is 0.493. The molecule has 0 radical (unpaired) electrons. The summed E-state index contributed by atoms with van der Waals surface area (Å²) in [6, 6.07) is 0. The van der Waals surface area contributed by atoms with Crippen LogP contribution in [0.1, 0.15) is 13.3 Å². The number of nitrogens with one attached hydrogen (secondary N) is 1. The molecule has 1 heterocycles. The molecule has 90 valence electrons. The lowest BCUT2D eigenvalue weighted by molar-refractivity contribution is -0.148. The van der Waals surface area contributed by atoms with Crippen LogP contribution >= 0.6 is 0 Å². The number of hydrogen-bond acceptors (Lipinski definition) is 5. The first kappa shape index (κ1) is 12.7. The summed E-state index contributed by atoms with van der Waals surface area (Å²) in [5.41, 5.74) is 0.326. The van der Waals surface area contributed by atoms with Gasteiger partial charge in [-0.2, -0.15) is 0 Å².